The molecule has 2 aromatic rings. The predicted octanol–water partition coefficient (Wildman–Crippen LogP) is 1.46. The molecule has 2 N–H and O–H groups in total. The quantitative estimate of drug-likeness (QED) is 0.821. The van der Waals surface area contributed by atoms with Crippen LogP contribution in [-0.2, 0) is 11.3 Å². The highest BCUT2D eigenvalue weighted by molar-refractivity contribution is 5.84. The second-order valence-corrected chi connectivity index (χ2v) is 3.80. The topological polar surface area (TPSA) is 75.3 Å². The van der Waals surface area contributed by atoms with Gasteiger partial charge < -0.3 is 10.2 Å². The van der Waals surface area contributed by atoms with Gasteiger partial charge in [-0.15, -0.1) is 0 Å². The summed E-state index contributed by atoms with van der Waals surface area (Å²) in [6.07, 6.45) is 1.66. The Morgan fingerprint density at radius 1 is 1.56 bits per heavy atom. The zero-order chi connectivity index (χ0) is 11.7. The van der Waals surface area contributed by atoms with Crippen molar-refractivity contribution < 1.29 is 15.0 Å². The number of carbonyl (C=O) groups is 1. The first kappa shape index (κ1) is 10.5. The van der Waals surface area contributed by atoms with Gasteiger partial charge in [-0.05, 0) is 12.1 Å². The van der Waals surface area contributed by atoms with Crippen LogP contribution in [0.1, 0.15) is 6.92 Å². The van der Waals surface area contributed by atoms with E-state index in [0.717, 1.165) is 0 Å². The Kier molecular flexibility index (Phi) is 2.52. The number of carboxylic acid groups (broad SMARTS) is 1. The second kappa shape index (κ2) is 3.84. The van der Waals surface area contributed by atoms with Crippen LogP contribution in [0.2, 0.25) is 0 Å². The minimum atomic E-state index is -0.858. The van der Waals surface area contributed by atoms with Crippen molar-refractivity contribution in [3.05, 3.63) is 24.4 Å². The fourth-order valence-corrected chi connectivity index (χ4v) is 1.53. The number of rotatable bonds is 3. The third kappa shape index (κ3) is 1.84. The van der Waals surface area contributed by atoms with Crippen LogP contribution < -0.4 is 0 Å². The third-order valence-corrected chi connectivity index (χ3v) is 2.46. The molecule has 0 aliphatic heterocycles. The lowest BCUT2D eigenvalue weighted by molar-refractivity contribution is -0.141. The van der Waals surface area contributed by atoms with Gasteiger partial charge >= 0.3 is 5.97 Å². The van der Waals surface area contributed by atoms with Crippen LogP contribution >= 0.6 is 0 Å². The van der Waals surface area contributed by atoms with Crippen LogP contribution in [0.5, 0.6) is 5.75 Å². The first-order chi connectivity index (χ1) is 7.58. The maximum Gasteiger partial charge on any atom is 0.308 e. The van der Waals surface area contributed by atoms with Gasteiger partial charge in [0.1, 0.15) is 5.75 Å². The maximum atomic E-state index is 10.7. The van der Waals surface area contributed by atoms with Gasteiger partial charge in [0.2, 0.25) is 0 Å². The predicted molar refractivity (Wildman–Crippen MR) is 58.2 cm³/mol. The smallest absolute Gasteiger partial charge is 0.308 e. The number of aromatic hydroxyl groups is 1. The highest BCUT2D eigenvalue weighted by atomic mass is 16.4. The summed E-state index contributed by atoms with van der Waals surface area (Å²) in [4.78, 5) is 10.7. The van der Waals surface area contributed by atoms with Crippen molar-refractivity contribution in [3.8, 4) is 5.75 Å². The van der Waals surface area contributed by atoms with Crippen molar-refractivity contribution in [2.24, 2.45) is 5.92 Å². The van der Waals surface area contributed by atoms with Crippen LogP contribution in [0.4, 0.5) is 0 Å². The van der Waals surface area contributed by atoms with E-state index < -0.39 is 11.9 Å². The fraction of sp³-hybridized carbons (Fsp3) is 0.273. The van der Waals surface area contributed by atoms with Gasteiger partial charge in [-0.25, -0.2) is 0 Å². The van der Waals surface area contributed by atoms with Crippen LogP contribution in [-0.4, -0.2) is 26.0 Å². The Bertz CT molecular complexity index is 533. The number of phenolic OH excluding ortho intramolecular Hbond substituents is 1. The highest BCUT2D eigenvalue weighted by Gasteiger charge is 2.13. The molecule has 1 atom stereocenters. The Morgan fingerprint density at radius 2 is 2.31 bits per heavy atom. The van der Waals surface area contributed by atoms with Gasteiger partial charge in [-0.3, -0.25) is 9.48 Å². The molecule has 0 aliphatic carbocycles. The Hall–Kier alpha value is -2.04. The molecule has 16 heavy (non-hydrogen) atoms. The highest BCUT2D eigenvalue weighted by Crippen LogP contribution is 2.23. The molecule has 0 radical (unpaired) electrons. The Balaban J connectivity index is 2.33. The molecule has 0 aliphatic rings. The summed E-state index contributed by atoms with van der Waals surface area (Å²) < 4.78 is 1.54. The zero-order valence-electron chi connectivity index (χ0n) is 8.79. The fourth-order valence-electron chi connectivity index (χ4n) is 1.53. The van der Waals surface area contributed by atoms with E-state index in [0.29, 0.717) is 17.4 Å². The number of hydrogen-bond acceptors (Lipinski definition) is 3. The number of fused-ring (bicyclic) bond motifs is 1. The van der Waals surface area contributed by atoms with Gasteiger partial charge in [0.05, 0.1) is 23.4 Å². The number of benzene rings is 1. The molecule has 5 heteroatoms. The molecule has 1 aromatic carbocycles. The van der Waals surface area contributed by atoms with Crippen molar-refractivity contribution in [2.75, 3.05) is 0 Å². The Labute approximate surface area is 91.9 Å². The third-order valence-electron chi connectivity index (χ3n) is 2.46. The minimum absolute atomic E-state index is 0.159. The standard InChI is InChI=1S/C11H12N2O3/c1-7(11(15)16)5-13-6-8-9(12-13)3-2-4-10(8)14/h2-4,6-7,14H,5H2,1H3,(H,15,16). The molecule has 5 nitrogen and oxygen atoms in total. The monoisotopic (exact) mass is 220 g/mol. The van der Waals surface area contributed by atoms with Crippen molar-refractivity contribution in [3.63, 3.8) is 0 Å². The van der Waals surface area contributed by atoms with E-state index in [9.17, 15) is 9.90 Å². The van der Waals surface area contributed by atoms with Crippen molar-refractivity contribution >= 4 is 16.9 Å². The van der Waals surface area contributed by atoms with E-state index in [2.05, 4.69) is 5.10 Å². The number of nitrogens with zero attached hydrogens (tertiary/aromatic N) is 2. The number of phenols is 1. The summed E-state index contributed by atoms with van der Waals surface area (Å²) in [6.45, 7) is 1.91. The summed E-state index contributed by atoms with van der Waals surface area (Å²) in [5, 5.41) is 23.2. The van der Waals surface area contributed by atoms with Gasteiger partial charge in [0.25, 0.3) is 0 Å². The summed E-state index contributed by atoms with van der Waals surface area (Å²) >= 11 is 0. The number of aliphatic carboxylic acids is 1. The van der Waals surface area contributed by atoms with Crippen molar-refractivity contribution in [1.82, 2.24) is 9.78 Å². The molecule has 1 unspecified atom stereocenters. The molecule has 0 fully saturated rings. The summed E-state index contributed by atoms with van der Waals surface area (Å²) in [6, 6.07) is 5.06. The molecule has 84 valence electrons. The Morgan fingerprint density at radius 3 is 2.94 bits per heavy atom. The SMILES string of the molecule is CC(Cn1cc2c(O)cccc2n1)C(=O)O. The summed E-state index contributed by atoms with van der Waals surface area (Å²) in [5.41, 5.74) is 0.664. The van der Waals surface area contributed by atoms with Crippen LogP contribution in [0, 0.1) is 5.92 Å². The largest absolute Gasteiger partial charge is 0.507 e. The summed E-state index contributed by atoms with van der Waals surface area (Å²) in [7, 11) is 0. The average molecular weight is 220 g/mol. The molecule has 0 bridgehead atoms. The number of carboxylic acids is 1. The summed E-state index contributed by atoms with van der Waals surface area (Å²) in [5.74, 6) is -1.20. The van der Waals surface area contributed by atoms with Gasteiger partial charge in [-0.2, -0.15) is 5.10 Å². The molecular weight excluding hydrogens is 208 g/mol. The number of hydrogen-bond donors (Lipinski definition) is 2. The average Bonchev–Trinajstić information content (AvgIpc) is 2.61. The van der Waals surface area contributed by atoms with Crippen LogP contribution in [0.15, 0.2) is 24.4 Å². The van der Waals surface area contributed by atoms with E-state index in [1.165, 1.54) is 0 Å². The lowest BCUT2D eigenvalue weighted by Gasteiger charge is -2.04. The van der Waals surface area contributed by atoms with E-state index >= 15 is 0 Å². The molecule has 0 amide bonds. The van der Waals surface area contributed by atoms with Gasteiger partial charge in [0, 0.05) is 6.20 Å². The molecule has 1 aromatic heterocycles. The lowest BCUT2D eigenvalue weighted by Crippen LogP contribution is -2.16. The lowest BCUT2D eigenvalue weighted by atomic mass is 10.2. The van der Waals surface area contributed by atoms with E-state index in [-0.39, 0.29) is 5.75 Å². The number of aromatic nitrogens is 2. The first-order valence-electron chi connectivity index (χ1n) is 4.96. The first-order valence-corrected chi connectivity index (χ1v) is 4.96. The second-order valence-electron chi connectivity index (χ2n) is 3.80. The van der Waals surface area contributed by atoms with E-state index in [1.54, 1.807) is 36.0 Å². The normalized spacial score (nSPS) is 12.8. The minimum Gasteiger partial charge on any atom is -0.507 e. The van der Waals surface area contributed by atoms with Crippen LogP contribution in [0.25, 0.3) is 10.9 Å². The van der Waals surface area contributed by atoms with E-state index in [4.69, 9.17) is 5.11 Å². The molecule has 0 spiro atoms. The van der Waals surface area contributed by atoms with Gasteiger partial charge in [0.15, 0.2) is 0 Å². The maximum absolute atomic E-state index is 10.7. The molecular formula is C11H12N2O3. The molecule has 1 heterocycles. The van der Waals surface area contributed by atoms with Crippen LogP contribution in [0.3, 0.4) is 0 Å². The molecule has 0 saturated carbocycles. The van der Waals surface area contributed by atoms with Gasteiger partial charge in [-0.1, -0.05) is 13.0 Å². The molecule has 2 rings (SSSR count). The van der Waals surface area contributed by atoms with E-state index in [1.807, 2.05) is 0 Å². The molecule has 0 saturated heterocycles. The van der Waals surface area contributed by atoms with Crippen molar-refractivity contribution in [2.45, 2.75) is 13.5 Å². The zero-order valence-corrected chi connectivity index (χ0v) is 8.79. The van der Waals surface area contributed by atoms with Crippen molar-refractivity contribution in [1.29, 1.82) is 0 Å².